The van der Waals surface area contributed by atoms with Crippen molar-refractivity contribution in [2.24, 2.45) is 0 Å². The van der Waals surface area contributed by atoms with Crippen molar-refractivity contribution in [3.63, 3.8) is 0 Å². The van der Waals surface area contributed by atoms with Crippen LogP contribution in [0.3, 0.4) is 0 Å². The van der Waals surface area contributed by atoms with E-state index in [1.54, 1.807) is 0 Å². The number of hydrogen-bond donors (Lipinski definition) is 0. The number of para-hydroxylation sites is 5. The molecular weight excluding hydrogens is 705 g/mol. The smallest absolute Gasteiger partial charge is 0.0629 e. The van der Waals surface area contributed by atoms with Crippen molar-refractivity contribution < 1.29 is 0 Å². The van der Waals surface area contributed by atoms with E-state index in [-0.39, 0.29) is 6.04 Å². The Morgan fingerprint density at radius 2 is 0.776 bits per heavy atom. The van der Waals surface area contributed by atoms with Crippen LogP contribution in [0.15, 0.2) is 218 Å². The fourth-order valence-electron chi connectivity index (χ4n) is 9.76. The van der Waals surface area contributed by atoms with E-state index in [0.29, 0.717) is 5.92 Å². The maximum atomic E-state index is 2.52. The van der Waals surface area contributed by atoms with Crippen molar-refractivity contribution in [2.75, 3.05) is 9.80 Å². The van der Waals surface area contributed by atoms with E-state index in [1.807, 2.05) is 0 Å². The van der Waals surface area contributed by atoms with E-state index in [0.717, 1.165) is 28.4 Å². The lowest BCUT2D eigenvalue weighted by molar-refractivity contribution is 0.745. The maximum Gasteiger partial charge on any atom is 0.0629 e. The Hall–Kier alpha value is -7.56. The minimum Gasteiger partial charge on any atom is -0.333 e. The third-order valence-corrected chi connectivity index (χ3v) is 12.2. The van der Waals surface area contributed by atoms with Crippen LogP contribution in [0.5, 0.6) is 0 Å². The second-order valence-electron chi connectivity index (χ2n) is 15.3. The van der Waals surface area contributed by atoms with Gasteiger partial charge in [0, 0.05) is 67.3 Å². The summed E-state index contributed by atoms with van der Waals surface area (Å²) in [5, 5.41) is 5.01. The van der Waals surface area contributed by atoms with Gasteiger partial charge in [0.25, 0.3) is 0 Å². The molecule has 0 saturated heterocycles. The molecule has 58 heavy (non-hydrogen) atoms. The van der Waals surface area contributed by atoms with Crippen molar-refractivity contribution in [3.05, 3.63) is 224 Å². The summed E-state index contributed by atoms with van der Waals surface area (Å²) in [5.74, 6) is 0.312. The highest BCUT2D eigenvalue weighted by Crippen LogP contribution is 2.49. The highest BCUT2D eigenvalue weighted by molar-refractivity contribution is 6.10. The number of anilines is 5. The molecule has 0 amide bonds. The number of hydrogen-bond acceptors (Lipinski definition) is 2. The molecule has 1 aliphatic heterocycles. The van der Waals surface area contributed by atoms with Crippen molar-refractivity contribution in [2.45, 2.75) is 12.0 Å². The lowest BCUT2D eigenvalue weighted by Gasteiger charge is -2.31. The van der Waals surface area contributed by atoms with Gasteiger partial charge >= 0.3 is 0 Å². The predicted octanol–water partition coefficient (Wildman–Crippen LogP) is 14.1. The van der Waals surface area contributed by atoms with Crippen LogP contribution in [0.25, 0.3) is 55.0 Å². The molecule has 1 aliphatic carbocycles. The number of benzene rings is 8. The third-order valence-electron chi connectivity index (χ3n) is 12.2. The molecule has 0 N–H and O–H groups in total. The average molecular weight is 743 g/mol. The molecule has 3 heterocycles. The van der Waals surface area contributed by atoms with Crippen LogP contribution in [0.1, 0.15) is 11.5 Å². The molecule has 2 atom stereocenters. The van der Waals surface area contributed by atoms with Crippen LogP contribution in [0.2, 0.25) is 0 Å². The fraction of sp³-hybridized carbons (Fsp3) is 0.0370. The van der Waals surface area contributed by atoms with E-state index in [1.165, 1.54) is 60.5 Å². The van der Waals surface area contributed by atoms with Gasteiger partial charge in [0.2, 0.25) is 0 Å². The van der Waals surface area contributed by atoms with E-state index in [2.05, 4.69) is 237 Å². The normalized spacial score (nSPS) is 15.8. The minimum atomic E-state index is 0.211. The SMILES string of the molecule is C1=CC2c3ccccc3N(c3cccc(N(c4cccc(-n5c6ccccc6c6ccccc65)c4)c4cccc(-n5c6ccccc6c6ccccc65)c4)c3)C2C=C1. The summed E-state index contributed by atoms with van der Waals surface area (Å²) >= 11 is 0. The monoisotopic (exact) mass is 742 g/mol. The quantitative estimate of drug-likeness (QED) is 0.169. The summed E-state index contributed by atoms with van der Waals surface area (Å²) in [6, 6.07) is 71.1. The average Bonchev–Trinajstić information content (AvgIpc) is 3.93. The van der Waals surface area contributed by atoms with Crippen LogP contribution < -0.4 is 9.80 Å². The number of nitrogens with zero attached hydrogens (tertiary/aromatic N) is 4. The first-order valence-corrected chi connectivity index (χ1v) is 20.1. The molecular formula is C54H38N4. The zero-order valence-corrected chi connectivity index (χ0v) is 31.7. The molecule has 10 aromatic rings. The first-order chi connectivity index (χ1) is 28.8. The van der Waals surface area contributed by atoms with Gasteiger partial charge in [-0.1, -0.05) is 133 Å². The summed E-state index contributed by atoms with van der Waals surface area (Å²) in [4.78, 5) is 4.94. The zero-order valence-electron chi connectivity index (χ0n) is 31.7. The van der Waals surface area contributed by atoms with Crippen molar-refractivity contribution >= 4 is 72.0 Å². The molecule has 4 heteroatoms. The number of allylic oxidation sites excluding steroid dienone is 2. The molecule has 0 spiro atoms. The van der Waals surface area contributed by atoms with E-state index >= 15 is 0 Å². The summed E-state index contributed by atoms with van der Waals surface area (Å²) in [6.45, 7) is 0. The standard InChI is InChI=1S/C54H38N4/c1-7-28-49-43(22-1)44-23-2-8-29-50(44)56(49)40-19-13-16-37(34-40)55(38-17-14-20-41(35-38)57-51-30-9-3-24-45(51)46-25-4-10-31-52(46)57)39-18-15-21-42(36-39)58-53-32-11-5-26-47(53)48-27-6-12-33-54(48)58/h1-36,43,49H. The third kappa shape index (κ3) is 4.95. The van der Waals surface area contributed by atoms with Crippen molar-refractivity contribution in [1.82, 2.24) is 9.13 Å². The topological polar surface area (TPSA) is 16.3 Å². The molecule has 8 aromatic carbocycles. The molecule has 0 radical (unpaired) electrons. The molecule has 2 unspecified atom stereocenters. The fourth-order valence-corrected chi connectivity index (χ4v) is 9.76. The highest BCUT2D eigenvalue weighted by atomic mass is 15.2. The number of aromatic nitrogens is 2. The van der Waals surface area contributed by atoms with E-state index < -0.39 is 0 Å². The second kappa shape index (κ2) is 13.0. The lowest BCUT2D eigenvalue weighted by Crippen LogP contribution is -2.28. The molecule has 0 fully saturated rings. The van der Waals surface area contributed by atoms with Gasteiger partial charge < -0.3 is 18.9 Å². The van der Waals surface area contributed by atoms with Crippen LogP contribution in [-0.4, -0.2) is 15.2 Å². The Labute approximate surface area is 337 Å². The van der Waals surface area contributed by atoms with Gasteiger partial charge in [0.15, 0.2) is 0 Å². The molecule has 4 nitrogen and oxygen atoms in total. The number of fused-ring (bicyclic) bond motifs is 9. The van der Waals surface area contributed by atoms with Gasteiger partial charge in [0.05, 0.1) is 28.1 Å². The van der Waals surface area contributed by atoms with Crippen LogP contribution in [0.4, 0.5) is 28.4 Å². The van der Waals surface area contributed by atoms with Gasteiger partial charge in [-0.2, -0.15) is 0 Å². The summed E-state index contributed by atoms with van der Waals surface area (Å²) in [6.07, 6.45) is 9.07. The van der Waals surface area contributed by atoms with E-state index in [9.17, 15) is 0 Å². The lowest BCUT2D eigenvalue weighted by atomic mass is 9.91. The Bertz CT molecular complexity index is 3020. The summed E-state index contributed by atoms with van der Waals surface area (Å²) < 4.78 is 4.81. The van der Waals surface area contributed by atoms with Gasteiger partial charge in [-0.3, -0.25) is 0 Å². The zero-order chi connectivity index (χ0) is 38.2. The van der Waals surface area contributed by atoms with Crippen molar-refractivity contribution in [1.29, 1.82) is 0 Å². The Morgan fingerprint density at radius 3 is 1.29 bits per heavy atom. The van der Waals surface area contributed by atoms with Crippen LogP contribution >= 0.6 is 0 Å². The van der Waals surface area contributed by atoms with Crippen molar-refractivity contribution in [3.8, 4) is 11.4 Å². The van der Waals surface area contributed by atoms with Crippen LogP contribution in [0, 0.1) is 0 Å². The minimum absolute atomic E-state index is 0.211. The highest BCUT2D eigenvalue weighted by Gasteiger charge is 2.37. The Morgan fingerprint density at radius 1 is 0.362 bits per heavy atom. The first kappa shape index (κ1) is 32.7. The summed E-state index contributed by atoms with van der Waals surface area (Å²) in [5.41, 5.74) is 14.1. The molecule has 12 rings (SSSR count). The first-order valence-electron chi connectivity index (χ1n) is 20.1. The predicted molar refractivity (Wildman–Crippen MR) is 243 cm³/mol. The number of rotatable bonds is 6. The largest absolute Gasteiger partial charge is 0.333 e. The van der Waals surface area contributed by atoms with Crippen LogP contribution in [-0.2, 0) is 0 Å². The molecule has 274 valence electrons. The van der Waals surface area contributed by atoms with Gasteiger partial charge in [-0.05, 0) is 90.5 Å². The second-order valence-corrected chi connectivity index (χ2v) is 15.3. The van der Waals surface area contributed by atoms with Gasteiger partial charge in [-0.15, -0.1) is 0 Å². The van der Waals surface area contributed by atoms with E-state index in [4.69, 9.17) is 0 Å². The molecule has 0 saturated carbocycles. The Kier molecular flexibility index (Phi) is 7.32. The van der Waals surface area contributed by atoms with Gasteiger partial charge in [0.1, 0.15) is 0 Å². The molecule has 2 aliphatic rings. The maximum absolute atomic E-state index is 2.52. The molecule has 0 bridgehead atoms. The van der Waals surface area contributed by atoms with Gasteiger partial charge in [-0.25, -0.2) is 0 Å². The summed E-state index contributed by atoms with van der Waals surface area (Å²) in [7, 11) is 0. The molecule has 2 aromatic heterocycles. The Balaban J connectivity index is 1.07.